The summed E-state index contributed by atoms with van der Waals surface area (Å²) < 4.78 is 19.9. The molecule has 26 heavy (non-hydrogen) atoms. The first kappa shape index (κ1) is 16.6. The Morgan fingerprint density at radius 2 is 2.12 bits per heavy atom. The van der Waals surface area contributed by atoms with Crippen molar-refractivity contribution < 1.29 is 18.7 Å². The summed E-state index contributed by atoms with van der Waals surface area (Å²) in [6.45, 7) is 3.28. The van der Waals surface area contributed by atoms with Gasteiger partial charge in [-0.1, -0.05) is 6.07 Å². The first-order chi connectivity index (χ1) is 12.5. The molecular weight excluding hydrogens is 339 g/mol. The van der Waals surface area contributed by atoms with Gasteiger partial charge in [0, 0.05) is 20.0 Å². The van der Waals surface area contributed by atoms with Crippen LogP contribution in [0.4, 0.5) is 14.9 Å². The van der Waals surface area contributed by atoms with Crippen LogP contribution in [0, 0.1) is 29.1 Å². The number of benzene rings is 1. The summed E-state index contributed by atoms with van der Waals surface area (Å²) in [5.74, 6) is 0.317. The zero-order valence-corrected chi connectivity index (χ0v) is 14.3. The lowest BCUT2D eigenvalue weighted by Crippen LogP contribution is -2.33. The molecule has 1 saturated carbocycles. The second-order valence-corrected chi connectivity index (χ2v) is 7.12. The van der Waals surface area contributed by atoms with Gasteiger partial charge in [0.1, 0.15) is 11.9 Å². The van der Waals surface area contributed by atoms with Gasteiger partial charge in [-0.25, -0.2) is 9.18 Å². The van der Waals surface area contributed by atoms with E-state index in [0.717, 1.165) is 0 Å². The Hall–Kier alpha value is -2.82. The van der Waals surface area contributed by atoms with Crippen molar-refractivity contribution in [3.8, 4) is 6.19 Å². The van der Waals surface area contributed by atoms with Gasteiger partial charge in [0.15, 0.2) is 6.19 Å². The van der Waals surface area contributed by atoms with Crippen molar-refractivity contribution in [1.29, 1.82) is 5.26 Å². The van der Waals surface area contributed by atoms with E-state index >= 15 is 0 Å². The van der Waals surface area contributed by atoms with Gasteiger partial charge in [-0.2, -0.15) is 5.26 Å². The van der Waals surface area contributed by atoms with Crippen molar-refractivity contribution in [2.45, 2.75) is 18.9 Å². The highest BCUT2D eigenvalue weighted by Crippen LogP contribution is 2.58. The van der Waals surface area contributed by atoms with Crippen molar-refractivity contribution in [3.63, 3.8) is 0 Å². The summed E-state index contributed by atoms with van der Waals surface area (Å²) in [4.78, 5) is 26.1. The van der Waals surface area contributed by atoms with Crippen LogP contribution in [0.5, 0.6) is 0 Å². The molecule has 7 nitrogen and oxygen atoms in total. The zero-order valence-electron chi connectivity index (χ0n) is 14.3. The molecule has 2 heterocycles. The minimum absolute atomic E-state index is 0.159. The number of nitriles is 1. The summed E-state index contributed by atoms with van der Waals surface area (Å²) in [5, 5.41) is 11.5. The number of carbonyl (C=O) groups excluding carboxylic acids is 2. The standard InChI is InChI=1S/C18H19FN4O3/c1-10(24)21-5-12-6-23(18(25)26-12)11-2-3-13(16(19)4-11)17-14-7-22(9-20)8-15(14)17/h2-4,12,14-15,17H,5-8H2,1H3,(H,21,24)/t12-,14-,15+,17+/m0/s1. The molecule has 0 aromatic heterocycles. The van der Waals surface area contributed by atoms with Gasteiger partial charge >= 0.3 is 6.09 Å². The Balaban J connectivity index is 1.43. The number of cyclic esters (lactones) is 1. The van der Waals surface area contributed by atoms with Crippen LogP contribution in [0.15, 0.2) is 18.2 Å². The third-order valence-electron chi connectivity index (χ3n) is 5.44. The van der Waals surface area contributed by atoms with E-state index in [2.05, 4.69) is 11.5 Å². The van der Waals surface area contributed by atoms with Crippen molar-refractivity contribution >= 4 is 17.7 Å². The van der Waals surface area contributed by atoms with Crippen LogP contribution < -0.4 is 10.2 Å². The summed E-state index contributed by atoms with van der Waals surface area (Å²) >= 11 is 0. The average molecular weight is 358 g/mol. The average Bonchev–Trinajstić information content (AvgIpc) is 2.95. The van der Waals surface area contributed by atoms with Crippen molar-refractivity contribution in [3.05, 3.63) is 29.6 Å². The zero-order chi connectivity index (χ0) is 18.4. The lowest BCUT2D eigenvalue weighted by molar-refractivity contribution is -0.119. The Labute approximate surface area is 150 Å². The molecule has 0 bridgehead atoms. The molecule has 4 rings (SSSR count). The second-order valence-electron chi connectivity index (χ2n) is 7.12. The SMILES string of the molecule is CC(=O)NC[C@H]1CN(c2ccc([C@H]3[C@@H]4CN(C#N)C[C@@H]43)c(F)c2)C(=O)O1. The number of hydrogen-bond donors (Lipinski definition) is 1. The van der Waals surface area contributed by atoms with Gasteiger partial charge in [-0.3, -0.25) is 9.69 Å². The molecule has 2 amide bonds. The Bertz CT molecular complexity index is 796. The normalized spacial score (nSPS) is 29.2. The van der Waals surface area contributed by atoms with Crippen LogP contribution in [0.3, 0.4) is 0 Å². The predicted molar refractivity (Wildman–Crippen MR) is 89.6 cm³/mol. The number of piperidine rings is 1. The van der Waals surface area contributed by atoms with E-state index < -0.39 is 12.2 Å². The highest BCUT2D eigenvalue weighted by molar-refractivity contribution is 5.89. The van der Waals surface area contributed by atoms with Gasteiger partial charge in [0.25, 0.3) is 0 Å². The molecule has 136 valence electrons. The van der Waals surface area contributed by atoms with Crippen LogP contribution in [-0.4, -0.2) is 49.2 Å². The second kappa shape index (κ2) is 6.16. The molecule has 2 saturated heterocycles. The van der Waals surface area contributed by atoms with Crippen LogP contribution in [0.1, 0.15) is 18.4 Å². The van der Waals surface area contributed by atoms with Crippen LogP contribution in [0.25, 0.3) is 0 Å². The molecule has 3 aliphatic rings. The Kier molecular flexibility index (Phi) is 3.94. The van der Waals surface area contributed by atoms with Crippen LogP contribution in [0.2, 0.25) is 0 Å². The van der Waals surface area contributed by atoms with E-state index in [1.54, 1.807) is 17.0 Å². The molecule has 3 fully saturated rings. The van der Waals surface area contributed by atoms with Crippen LogP contribution in [-0.2, 0) is 9.53 Å². The molecule has 1 aliphatic carbocycles. The highest BCUT2D eigenvalue weighted by Gasteiger charge is 2.57. The maximum absolute atomic E-state index is 14.6. The fourth-order valence-corrected chi connectivity index (χ4v) is 4.12. The molecule has 0 unspecified atom stereocenters. The smallest absolute Gasteiger partial charge is 0.414 e. The number of nitrogens with one attached hydrogen (secondary N) is 1. The number of ether oxygens (including phenoxy) is 1. The van der Waals surface area contributed by atoms with E-state index in [1.807, 2.05) is 0 Å². The number of rotatable bonds is 4. The van der Waals surface area contributed by atoms with Gasteiger partial charge in [-0.05, 0) is 35.4 Å². The largest absolute Gasteiger partial charge is 0.442 e. The number of fused-ring (bicyclic) bond motifs is 1. The van der Waals surface area contributed by atoms with Crippen LogP contribution >= 0.6 is 0 Å². The van der Waals surface area contributed by atoms with Gasteiger partial charge < -0.3 is 15.0 Å². The van der Waals surface area contributed by atoms with E-state index in [9.17, 15) is 14.0 Å². The topological polar surface area (TPSA) is 85.7 Å². The number of amides is 2. The van der Waals surface area contributed by atoms with Gasteiger partial charge in [0.2, 0.25) is 5.91 Å². The predicted octanol–water partition coefficient (Wildman–Crippen LogP) is 1.41. The molecule has 4 atom stereocenters. The Morgan fingerprint density at radius 1 is 1.38 bits per heavy atom. The Morgan fingerprint density at radius 3 is 2.73 bits per heavy atom. The number of anilines is 1. The fourth-order valence-electron chi connectivity index (χ4n) is 4.12. The van der Waals surface area contributed by atoms with Crippen molar-refractivity contribution in [1.82, 2.24) is 10.2 Å². The lowest BCUT2D eigenvalue weighted by atomic mass is 10.1. The third kappa shape index (κ3) is 2.83. The van der Waals surface area contributed by atoms with Crippen molar-refractivity contribution in [2.75, 3.05) is 31.1 Å². The quantitative estimate of drug-likeness (QED) is 0.823. The fraction of sp³-hybridized carbons (Fsp3) is 0.500. The molecule has 1 aromatic rings. The third-order valence-corrected chi connectivity index (χ3v) is 5.44. The lowest BCUT2D eigenvalue weighted by Gasteiger charge is -2.16. The number of halogens is 1. The summed E-state index contributed by atoms with van der Waals surface area (Å²) in [7, 11) is 0. The number of hydrogen-bond acceptors (Lipinski definition) is 5. The molecule has 1 N–H and O–H groups in total. The minimum atomic E-state index is -0.541. The van der Waals surface area contributed by atoms with E-state index in [4.69, 9.17) is 10.00 Å². The summed E-state index contributed by atoms with van der Waals surface area (Å²) in [6.07, 6.45) is 1.15. The minimum Gasteiger partial charge on any atom is -0.442 e. The van der Waals surface area contributed by atoms with Crippen molar-refractivity contribution in [2.24, 2.45) is 11.8 Å². The van der Waals surface area contributed by atoms with E-state index in [-0.39, 0.29) is 30.7 Å². The molecular formula is C18H19FN4O3. The maximum atomic E-state index is 14.6. The summed E-state index contributed by atoms with van der Waals surface area (Å²) in [6, 6.07) is 4.84. The van der Waals surface area contributed by atoms with E-state index in [1.165, 1.54) is 17.9 Å². The summed E-state index contributed by atoms with van der Waals surface area (Å²) in [5.41, 5.74) is 1.11. The molecule has 0 spiro atoms. The first-order valence-electron chi connectivity index (χ1n) is 8.64. The van der Waals surface area contributed by atoms with Gasteiger partial charge in [-0.15, -0.1) is 0 Å². The maximum Gasteiger partial charge on any atom is 0.414 e. The molecule has 1 aromatic carbocycles. The number of likely N-dealkylation sites (tertiary alicyclic amines) is 1. The van der Waals surface area contributed by atoms with Gasteiger partial charge in [0.05, 0.1) is 18.8 Å². The first-order valence-corrected chi connectivity index (χ1v) is 8.64. The number of carbonyl (C=O) groups is 2. The monoisotopic (exact) mass is 358 g/mol. The van der Waals surface area contributed by atoms with E-state index in [0.29, 0.717) is 36.2 Å². The molecule has 2 aliphatic heterocycles. The molecule has 0 radical (unpaired) electrons. The highest BCUT2D eigenvalue weighted by atomic mass is 19.1. The number of nitrogens with zero attached hydrogens (tertiary/aromatic N) is 3. The molecule has 8 heteroatoms.